The quantitative estimate of drug-likeness (QED) is 0.0345. The van der Waals surface area contributed by atoms with E-state index in [0.717, 1.165) is 58.2 Å². The Bertz CT molecular complexity index is 2650. The highest BCUT2D eigenvalue weighted by Crippen LogP contribution is 2.44. The lowest BCUT2D eigenvalue weighted by Crippen LogP contribution is -2.39. The summed E-state index contributed by atoms with van der Waals surface area (Å²) in [5.41, 5.74) is 4.60. The van der Waals surface area contributed by atoms with Crippen LogP contribution in [-0.4, -0.2) is 42.7 Å². The lowest BCUT2D eigenvalue weighted by atomic mass is 9.68. The van der Waals surface area contributed by atoms with Gasteiger partial charge in [0.05, 0.1) is 30.6 Å². The molecule has 0 aromatic heterocycles. The van der Waals surface area contributed by atoms with Crippen LogP contribution in [0.2, 0.25) is 0 Å². The first-order valence-corrected chi connectivity index (χ1v) is 24.4. The maximum Gasteiger partial charge on any atom is 0.339 e. The Balaban J connectivity index is 0.928. The van der Waals surface area contributed by atoms with E-state index in [0.29, 0.717) is 74.5 Å². The van der Waals surface area contributed by atoms with E-state index in [4.69, 9.17) is 25.4 Å². The molecule has 0 radical (unpaired) electrons. The molecule has 0 heterocycles. The minimum Gasteiger partial charge on any atom is -0.465 e. The number of esters is 4. The summed E-state index contributed by atoms with van der Waals surface area (Å²) >= 11 is 0. The summed E-state index contributed by atoms with van der Waals surface area (Å²) < 4.78 is 22.5. The molecule has 0 bridgehead atoms. The lowest BCUT2D eigenvalue weighted by Gasteiger charge is -2.40. The molecule has 0 aliphatic heterocycles. The summed E-state index contributed by atoms with van der Waals surface area (Å²) in [6, 6.07) is 29.8. The standard InChI is InChI=1S/C61H60O8/c1-4-45-10-12-46(13-11-45)14-15-47-16-18-48(19-17-47)20-21-49-22-24-50(25-23-49)36-39-61(40-37-52(38-41-61)51-26-8-44(3)9-27-51)69-60(65)55-32-34-56(35-33-55)68-59(64)54-30-28-53(29-31-54)58(63)67-43-7-6-42-66-57(62)5-2/h1,5,10-13,16-19,22-25,32-35,44,51-54H,2,6-9,26-31,37-38,40-43H2,3H3. The minimum absolute atomic E-state index is 0.247. The fourth-order valence-corrected chi connectivity index (χ4v) is 9.37. The molecule has 69 heavy (non-hydrogen) atoms. The number of carbonyl (C=O) groups excluding carboxylic acids is 4. The van der Waals surface area contributed by atoms with Gasteiger partial charge in [0.25, 0.3) is 0 Å². The van der Waals surface area contributed by atoms with E-state index in [9.17, 15) is 19.2 Å². The number of ether oxygens (including phenoxy) is 4. The maximum atomic E-state index is 13.8. The second-order valence-electron chi connectivity index (χ2n) is 18.6. The van der Waals surface area contributed by atoms with Crippen molar-refractivity contribution in [1.82, 2.24) is 0 Å². The zero-order valence-corrected chi connectivity index (χ0v) is 39.6. The zero-order chi connectivity index (χ0) is 48.4. The van der Waals surface area contributed by atoms with Gasteiger partial charge in [0.2, 0.25) is 0 Å². The molecule has 7 rings (SSSR count). The molecular weight excluding hydrogens is 861 g/mol. The molecule has 0 atom stereocenters. The highest BCUT2D eigenvalue weighted by molar-refractivity contribution is 5.90. The Morgan fingerprint density at radius 1 is 0.580 bits per heavy atom. The minimum atomic E-state index is -0.935. The molecule has 352 valence electrons. The van der Waals surface area contributed by atoms with Gasteiger partial charge >= 0.3 is 23.9 Å². The Hall–Kier alpha value is -7.26. The van der Waals surface area contributed by atoms with Gasteiger partial charge in [-0.15, -0.1) is 6.42 Å². The number of hydrogen-bond acceptors (Lipinski definition) is 8. The van der Waals surface area contributed by atoms with Crippen molar-refractivity contribution in [2.75, 3.05) is 13.2 Å². The van der Waals surface area contributed by atoms with E-state index in [1.807, 2.05) is 72.8 Å². The predicted molar refractivity (Wildman–Crippen MR) is 266 cm³/mol. The third kappa shape index (κ3) is 14.9. The van der Waals surface area contributed by atoms with Crippen LogP contribution in [0, 0.1) is 77.5 Å². The SMILES string of the molecule is C#Cc1ccc(C#Cc2ccc(C#Cc3ccc(C#CC4(OC(=O)c5ccc(OC(=O)C6CCC(C(=O)OCCCCOC(=O)C=C)CC6)cc5)CCC(C5CCC(C)CC5)CC4)cc3)cc2)cc1. The Morgan fingerprint density at radius 3 is 1.52 bits per heavy atom. The summed E-state index contributed by atoms with van der Waals surface area (Å²) in [6.07, 6.45) is 18.1. The molecule has 3 aliphatic rings. The second kappa shape index (κ2) is 24.7. The highest BCUT2D eigenvalue weighted by atomic mass is 16.6. The van der Waals surface area contributed by atoms with Crippen LogP contribution in [0.15, 0.2) is 110 Å². The molecule has 0 N–H and O–H groups in total. The molecule has 0 unspecified atom stereocenters. The third-order valence-corrected chi connectivity index (χ3v) is 13.7. The summed E-state index contributed by atoms with van der Waals surface area (Å²) in [4.78, 5) is 50.7. The van der Waals surface area contributed by atoms with Crippen molar-refractivity contribution in [3.05, 3.63) is 149 Å². The molecule has 3 saturated carbocycles. The Kier molecular flexibility index (Phi) is 17.7. The molecule has 0 spiro atoms. The van der Waals surface area contributed by atoms with E-state index in [1.54, 1.807) is 24.3 Å². The van der Waals surface area contributed by atoms with E-state index in [2.05, 4.69) is 54.9 Å². The third-order valence-electron chi connectivity index (χ3n) is 13.7. The van der Waals surface area contributed by atoms with Crippen molar-refractivity contribution >= 4 is 23.9 Å². The highest BCUT2D eigenvalue weighted by Gasteiger charge is 2.40. The molecule has 0 saturated heterocycles. The average Bonchev–Trinajstić information content (AvgIpc) is 3.39. The normalized spacial score (nSPS) is 21.7. The van der Waals surface area contributed by atoms with Crippen LogP contribution in [0.3, 0.4) is 0 Å². The van der Waals surface area contributed by atoms with Gasteiger partial charge in [-0.1, -0.05) is 61.9 Å². The van der Waals surface area contributed by atoms with Crippen molar-refractivity contribution in [2.24, 2.45) is 29.6 Å². The van der Waals surface area contributed by atoms with Gasteiger partial charge in [-0.05, 0) is 198 Å². The van der Waals surface area contributed by atoms with Crippen LogP contribution in [0.4, 0.5) is 0 Å². The molecule has 0 amide bonds. The largest absolute Gasteiger partial charge is 0.465 e. The number of hydrogen-bond donors (Lipinski definition) is 0. The van der Waals surface area contributed by atoms with Crippen molar-refractivity contribution in [3.63, 3.8) is 0 Å². The Morgan fingerprint density at radius 2 is 1.03 bits per heavy atom. The molecule has 3 fully saturated rings. The number of benzene rings is 4. The summed E-state index contributed by atoms with van der Waals surface area (Å²) in [5.74, 6) is 22.5. The van der Waals surface area contributed by atoms with Gasteiger partial charge in [0.15, 0.2) is 5.60 Å². The zero-order valence-electron chi connectivity index (χ0n) is 39.6. The van der Waals surface area contributed by atoms with E-state index >= 15 is 0 Å². The summed E-state index contributed by atoms with van der Waals surface area (Å²) in [6.45, 7) is 6.20. The van der Waals surface area contributed by atoms with Crippen LogP contribution in [-0.2, 0) is 28.6 Å². The monoisotopic (exact) mass is 920 g/mol. The molecule has 8 nitrogen and oxygen atoms in total. The second-order valence-corrected chi connectivity index (χ2v) is 18.6. The smallest absolute Gasteiger partial charge is 0.339 e. The van der Waals surface area contributed by atoms with Crippen LogP contribution >= 0.6 is 0 Å². The van der Waals surface area contributed by atoms with E-state index in [1.165, 1.54) is 25.7 Å². The van der Waals surface area contributed by atoms with Gasteiger partial charge in [-0.25, -0.2) is 9.59 Å². The van der Waals surface area contributed by atoms with Gasteiger partial charge in [0, 0.05) is 39.5 Å². The average molecular weight is 921 g/mol. The van der Waals surface area contributed by atoms with Crippen molar-refractivity contribution < 1.29 is 38.1 Å². The van der Waals surface area contributed by atoms with Crippen molar-refractivity contribution in [2.45, 2.75) is 102 Å². The fourth-order valence-electron chi connectivity index (χ4n) is 9.37. The van der Waals surface area contributed by atoms with Crippen LogP contribution in [0.1, 0.15) is 141 Å². The fraction of sp³-hybridized carbons (Fsp3) is 0.377. The first-order valence-electron chi connectivity index (χ1n) is 24.4. The van der Waals surface area contributed by atoms with Gasteiger partial charge in [-0.2, -0.15) is 0 Å². The molecular formula is C61H60O8. The Labute approximate surface area is 407 Å². The van der Waals surface area contributed by atoms with Crippen LogP contribution in [0.25, 0.3) is 0 Å². The van der Waals surface area contributed by atoms with Gasteiger partial charge in [0.1, 0.15) is 5.75 Å². The topological polar surface area (TPSA) is 105 Å². The summed E-state index contributed by atoms with van der Waals surface area (Å²) in [5, 5.41) is 0. The van der Waals surface area contributed by atoms with Crippen molar-refractivity contribution in [1.29, 1.82) is 0 Å². The van der Waals surface area contributed by atoms with Crippen LogP contribution < -0.4 is 4.74 Å². The molecule has 8 heteroatoms. The maximum absolute atomic E-state index is 13.8. The molecule has 4 aromatic carbocycles. The number of terminal acetylenes is 1. The first-order chi connectivity index (χ1) is 33.6. The number of unbranched alkanes of at least 4 members (excludes halogenated alkanes) is 1. The number of carbonyl (C=O) groups is 4. The number of rotatable bonds is 12. The van der Waals surface area contributed by atoms with E-state index in [-0.39, 0.29) is 37.0 Å². The lowest BCUT2D eigenvalue weighted by molar-refractivity contribution is -0.152. The predicted octanol–water partition coefficient (Wildman–Crippen LogP) is 11.2. The molecule has 3 aliphatic carbocycles. The first kappa shape index (κ1) is 49.6. The van der Waals surface area contributed by atoms with Gasteiger partial charge < -0.3 is 18.9 Å². The van der Waals surface area contributed by atoms with E-state index < -0.39 is 17.5 Å². The van der Waals surface area contributed by atoms with Crippen LogP contribution in [0.5, 0.6) is 5.75 Å². The summed E-state index contributed by atoms with van der Waals surface area (Å²) in [7, 11) is 0. The van der Waals surface area contributed by atoms with Gasteiger partial charge in [-0.3, -0.25) is 9.59 Å². The molecule has 4 aromatic rings. The van der Waals surface area contributed by atoms with Crippen molar-refractivity contribution in [3.8, 4) is 53.6 Å².